The number of aromatic nitrogens is 1. The number of carbonyl (C=O) groups is 1. The lowest BCUT2D eigenvalue weighted by atomic mass is 10.0. The number of rotatable bonds is 1. The van der Waals surface area contributed by atoms with Crippen LogP contribution < -0.4 is 0 Å². The van der Waals surface area contributed by atoms with Gasteiger partial charge in [0.25, 0.3) is 0 Å². The van der Waals surface area contributed by atoms with E-state index >= 15 is 0 Å². The number of carbonyl (C=O) groups excluding carboxylic acids is 1. The molecule has 17 heavy (non-hydrogen) atoms. The molecule has 5 heteroatoms. The molecular weight excluding hydrogens is 220 g/mol. The fourth-order valence-corrected chi connectivity index (χ4v) is 2.12. The van der Waals surface area contributed by atoms with Crippen molar-refractivity contribution in [2.24, 2.45) is 0 Å². The SMILES string of the molecule is COC(=O)N1CCc2nc(C)ccc2C1OC. The third kappa shape index (κ3) is 2.10. The highest BCUT2D eigenvalue weighted by atomic mass is 16.6. The number of hydrogen-bond acceptors (Lipinski definition) is 4. The Labute approximate surface area is 100 Å². The summed E-state index contributed by atoms with van der Waals surface area (Å²) in [5.74, 6) is 0. The molecule has 1 unspecified atom stereocenters. The molecule has 0 aliphatic carbocycles. The van der Waals surface area contributed by atoms with Crippen molar-refractivity contribution in [1.29, 1.82) is 0 Å². The van der Waals surface area contributed by atoms with Gasteiger partial charge in [-0.2, -0.15) is 0 Å². The van der Waals surface area contributed by atoms with Crippen LogP contribution in [-0.2, 0) is 15.9 Å². The van der Waals surface area contributed by atoms with Gasteiger partial charge < -0.3 is 9.47 Å². The second kappa shape index (κ2) is 4.71. The molecule has 0 saturated carbocycles. The number of methoxy groups -OCH3 is 2. The van der Waals surface area contributed by atoms with Crippen molar-refractivity contribution in [2.45, 2.75) is 19.6 Å². The van der Waals surface area contributed by atoms with E-state index in [0.29, 0.717) is 6.54 Å². The average Bonchev–Trinajstić information content (AvgIpc) is 2.36. The van der Waals surface area contributed by atoms with Crippen molar-refractivity contribution in [3.05, 3.63) is 29.1 Å². The largest absolute Gasteiger partial charge is 0.453 e. The van der Waals surface area contributed by atoms with Crippen LogP contribution in [0.5, 0.6) is 0 Å². The maximum atomic E-state index is 11.6. The Morgan fingerprint density at radius 1 is 1.47 bits per heavy atom. The summed E-state index contributed by atoms with van der Waals surface area (Å²) in [6.45, 7) is 2.52. The Bertz CT molecular complexity index is 434. The Hall–Kier alpha value is -1.62. The van der Waals surface area contributed by atoms with E-state index in [9.17, 15) is 4.79 Å². The summed E-state index contributed by atoms with van der Waals surface area (Å²) in [7, 11) is 2.95. The molecule has 1 aromatic heterocycles. The fraction of sp³-hybridized carbons (Fsp3) is 0.500. The minimum absolute atomic E-state index is 0.372. The van der Waals surface area contributed by atoms with Crippen LogP contribution in [0, 0.1) is 6.92 Å². The van der Waals surface area contributed by atoms with E-state index in [0.717, 1.165) is 23.4 Å². The first-order chi connectivity index (χ1) is 8.17. The summed E-state index contributed by atoms with van der Waals surface area (Å²) in [5.41, 5.74) is 2.91. The van der Waals surface area contributed by atoms with Crippen LogP contribution in [0.2, 0.25) is 0 Å². The van der Waals surface area contributed by atoms with Gasteiger partial charge in [0.2, 0.25) is 0 Å². The van der Waals surface area contributed by atoms with Gasteiger partial charge in [0.15, 0.2) is 6.23 Å². The van der Waals surface area contributed by atoms with E-state index in [1.165, 1.54) is 7.11 Å². The molecule has 1 aromatic rings. The minimum Gasteiger partial charge on any atom is -0.453 e. The molecule has 0 spiro atoms. The lowest BCUT2D eigenvalue weighted by molar-refractivity contribution is -0.0339. The van der Waals surface area contributed by atoms with Gasteiger partial charge in [-0.3, -0.25) is 9.88 Å². The monoisotopic (exact) mass is 236 g/mol. The molecule has 0 fully saturated rings. The first kappa shape index (κ1) is 11.9. The Balaban J connectivity index is 2.36. The molecule has 1 aliphatic rings. The van der Waals surface area contributed by atoms with Gasteiger partial charge >= 0.3 is 6.09 Å². The zero-order chi connectivity index (χ0) is 12.4. The van der Waals surface area contributed by atoms with Gasteiger partial charge in [0, 0.05) is 31.3 Å². The predicted molar refractivity (Wildman–Crippen MR) is 61.5 cm³/mol. The maximum absolute atomic E-state index is 11.6. The molecule has 2 rings (SSSR count). The second-order valence-corrected chi connectivity index (χ2v) is 3.99. The maximum Gasteiger partial charge on any atom is 0.411 e. The molecule has 0 radical (unpaired) electrons. The first-order valence-corrected chi connectivity index (χ1v) is 5.51. The lowest BCUT2D eigenvalue weighted by Crippen LogP contribution is -2.41. The summed E-state index contributed by atoms with van der Waals surface area (Å²) >= 11 is 0. The molecule has 1 atom stereocenters. The Morgan fingerprint density at radius 3 is 2.88 bits per heavy atom. The van der Waals surface area contributed by atoms with Crippen LogP contribution in [0.3, 0.4) is 0 Å². The lowest BCUT2D eigenvalue weighted by Gasteiger charge is -2.34. The number of ether oxygens (including phenoxy) is 2. The molecule has 0 saturated heterocycles. The van der Waals surface area contributed by atoms with Crippen LogP contribution >= 0.6 is 0 Å². The molecule has 2 heterocycles. The third-order valence-electron chi connectivity index (χ3n) is 2.92. The van der Waals surface area contributed by atoms with Crippen molar-refractivity contribution in [3.8, 4) is 0 Å². The molecule has 0 bridgehead atoms. The molecule has 0 N–H and O–H groups in total. The summed E-state index contributed by atoms with van der Waals surface area (Å²) in [4.78, 5) is 17.7. The number of hydrogen-bond donors (Lipinski definition) is 0. The van der Waals surface area contributed by atoms with E-state index in [1.807, 2.05) is 19.1 Å². The van der Waals surface area contributed by atoms with Gasteiger partial charge in [0.05, 0.1) is 12.8 Å². The van der Waals surface area contributed by atoms with Gasteiger partial charge in [-0.05, 0) is 13.0 Å². The van der Waals surface area contributed by atoms with Crippen molar-refractivity contribution < 1.29 is 14.3 Å². The van der Waals surface area contributed by atoms with E-state index in [-0.39, 0.29) is 6.09 Å². The second-order valence-electron chi connectivity index (χ2n) is 3.99. The number of fused-ring (bicyclic) bond motifs is 1. The number of aryl methyl sites for hydroxylation is 1. The fourth-order valence-electron chi connectivity index (χ4n) is 2.12. The summed E-state index contributed by atoms with van der Waals surface area (Å²) in [6, 6.07) is 3.88. The van der Waals surface area contributed by atoms with Crippen LogP contribution in [0.25, 0.3) is 0 Å². The molecular formula is C12H16N2O3. The van der Waals surface area contributed by atoms with Crippen LogP contribution in [0.15, 0.2) is 12.1 Å². The first-order valence-electron chi connectivity index (χ1n) is 5.51. The van der Waals surface area contributed by atoms with E-state index in [4.69, 9.17) is 9.47 Å². The van der Waals surface area contributed by atoms with Gasteiger partial charge in [-0.25, -0.2) is 4.79 Å². The van der Waals surface area contributed by atoms with Crippen LogP contribution in [0.4, 0.5) is 4.79 Å². The van der Waals surface area contributed by atoms with E-state index in [2.05, 4.69) is 4.98 Å². The van der Waals surface area contributed by atoms with Crippen LogP contribution in [0.1, 0.15) is 23.2 Å². The standard InChI is InChI=1S/C12H16N2O3/c1-8-4-5-9-10(13-8)6-7-14(11(9)16-2)12(15)17-3/h4-5,11H,6-7H2,1-3H3. The summed E-state index contributed by atoms with van der Waals surface area (Å²) in [6.07, 6.45) is -0.0474. The Kier molecular flexibility index (Phi) is 3.28. The summed E-state index contributed by atoms with van der Waals surface area (Å²) < 4.78 is 10.1. The molecule has 5 nitrogen and oxygen atoms in total. The minimum atomic E-state index is -0.403. The quantitative estimate of drug-likeness (QED) is 0.744. The number of amides is 1. The normalized spacial score (nSPS) is 18.8. The molecule has 92 valence electrons. The predicted octanol–water partition coefficient (Wildman–Crippen LogP) is 1.66. The zero-order valence-electron chi connectivity index (χ0n) is 10.3. The molecule has 1 aliphatic heterocycles. The zero-order valence-corrected chi connectivity index (χ0v) is 10.3. The molecule has 0 aromatic carbocycles. The highest BCUT2D eigenvalue weighted by Gasteiger charge is 2.32. The number of nitrogens with zero attached hydrogens (tertiary/aromatic N) is 2. The smallest absolute Gasteiger partial charge is 0.411 e. The van der Waals surface area contributed by atoms with E-state index < -0.39 is 6.23 Å². The van der Waals surface area contributed by atoms with Gasteiger partial charge in [-0.1, -0.05) is 6.07 Å². The van der Waals surface area contributed by atoms with Crippen molar-refractivity contribution in [3.63, 3.8) is 0 Å². The van der Waals surface area contributed by atoms with Gasteiger partial charge in [0.1, 0.15) is 0 Å². The van der Waals surface area contributed by atoms with Crippen molar-refractivity contribution in [1.82, 2.24) is 9.88 Å². The number of pyridine rings is 1. The van der Waals surface area contributed by atoms with Crippen molar-refractivity contribution >= 4 is 6.09 Å². The highest BCUT2D eigenvalue weighted by molar-refractivity contribution is 5.68. The van der Waals surface area contributed by atoms with Crippen LogP contribution in [-0.4, -0.2) is 36.7 Å². The highest BCUT2D eigenvalue weighted by Crippen LogP contribution is 2.29. The average molecular weight is 236 g/mol. The summed E-state index contributed by atoms with van der Waals surface area (Å²) in [5, 5.41) is 0. The Morgan fingerprint density at radius 2 is 2.24 bits per heavy atom. The van der Waals surface area contributed by atoms with Crippen molar-refractivity contribution in [2.75, 3.05) is 20.8 Å². The van der Waals surface area contributed by atoms with E-state index in [1.54, 1.807) is 12.0 Å². The van der Waals surface area contributed by atoms with Gasteiger partial charge in [-0.15, -0.1) is 0 Å². The molecule has 1 amide bonds. The topological polar surface area (TPSA) is 51.7 Å². The third-order valence-corrected chi connectivity index (χ3v) is 2.92.